The summed E-state index contributed by atoms with van der Waals surface area (Å²) in [4.78, 5) is 0. The van der Waals surface area contributed by atoms with Crippen molar-refractivity contribution < 1.29 is 0 Å². The zero-order valence-corrected chi connectivity index (χ0v) is 14.6. The number of rotatable bonds is 4. The summed E-state index contributed by atoms with van der Waals surface area (Å²) in [6.45, 7) is 9.67. The quantitative estimate of drug-likeness (QED) is 0.941. The molecule has 1 heterocycles. The smallest absolute Gasteiger partial charge is 0.176 e. The maximum absolute atomic E-state index is 4.45. The second-order valence-electron chi connectivity index (χ2n) is 6.95. The number of nitrogens with zero attached hydrogens (tertiary/aromatic N) is 4. The molecule has 124 valence electrons. The van der Waals surface area contributed by atoms with Gasteiger partial charge in [-0.3, -0.25) is 0 Å². The summed E-state index contributed by atoms with van der Waals surface area (Å²) in [5.41, 5.74) is 3.41. The average molecular weight is 313 g/mol. The summed E-state index contributed by atoms with van der Waals surface area (Å²) in [6.07, 6.45) is 4.61. The Balaban J connectivity index is 2.08. The van der Waals surface area contributed by atoms with Gasteiger partial charge in [-0.05, 0) is 73.5 Å². The van der Waals surface area contributed by atoms with Gasteiger partial charge in [0.2, 0.25) is 0 Å². The molecular formula is C18H27N5. The molecular weight excluding hydrogens is 286 g/mol. The standard InChI is InChI=1S/C18H27N5/c1-5-19-18(11-9-13(2)10-12-18)17-20-21-22-23(17)16-14(3)7-6-8-15(16)4/h6-8,13,19H,5,9-12H2,1-4H3. The van der Waals surface area contributed by atoms with E-state index in [1.54, 1.807) is 0 Å². The van der Waals surface area contributed by atoms with E-state index in [0.29, 0.717) is 0 Å². The summed E-state index contributed by atoms with van der Waals surface area (Å²) in [6, 6.07) is 6.33. The van der Waals surface area contributed by atoms with E-state index in [9.17, 15) is 0 Å². The van der Waals surface area contributed by atoms with Crippen LogP contribution < -0.4 is 5.32 Å². The van der Waals surface area contributed by atoms with Crippen molar-refractivity contribution >= 4 is 0 Å². The minimum atomic E-state index is -0.112. The van der Waals surface area contributed by atoms with Crippen LogP contribution in [0.1, 0.15) is 56.5 Å². The highest BCUT2D eigenvalue weighted by Crippen LogP contribution is 2.39. The Morgan fingerprint density at radius 2 is 1.87 bits per heavy atom. The van der Waals surface area contributed by atoms with E-state index in [4.69, 9.17) is 0 Å². The molecule has 0 amide bonds. The van der Waals surface area contributed by atoms with Gasteiger partial charge < -0.3 is 5.32 Å². The van der Waals surface area contributed by atoms with Crippen LogP contribution in [0, 0.1) is 19.8 Å². The van der Waals surface area contributed by atoms with Gasteiger partial charge in [0.1, 0.15) is 0 Å². The summed E-state index contributed by atoms with van der Waals surface area (Å²) in [7, 11) is 0. The highest BCUT2D eigenvalue weighted by Gasteiger charge is 2.40. The molecule has 1 aromatic heterocycles. The Labute approximate surface area is 138 Å². The van der Waals surface area contributed by atoms with E-state index < -0.39 is 0 Å². The summed E-state index contributed by atoms with van der Waals surface area (Å²) >= 11 is 0. The average Bonchev–Trinajstić information content (AvgIpc) is 3.00. The molecule has 1 fully saturated rings. The van der Waals surface area contributed by atoms with Crippen LogP contribution in [0.15, 0.2) is 18.2 Å². The van der Waals surface area contributed by atoms with Crippen molar-refractivity contribution in [2.75, 3.05) is 6.54 Å². The summed E-state index contributed by atoms with van der Waals surface area (Å²) in [5, 5.41) is 16.5. The second kappa shape index (κ2) is 6.40. The SMILES string of the molecule is CCNC1(c2nnnn2-c2c(C)cccc2C)CCC(C)CC1. The first-order chi connectivity index (χ1) is 11.1. The molecule has 0 atom stereocenters. The minimum absolute atomic E-state index is 0.112. The Kier molecular flexibility index (Phi) is 4.48. The molecule has 0 aliphatic heterocycles. The number of aromatic nitrogens is 4. The fourth-order valence-electron chi connectivity index (χ4n) is 3.85. The van der Waals surface area contributed by atoms with Gasteiger partial charge in [0.05, 0.1) is 11.2 Å². The van der Waals surface area contributed by atoms with Crippen LogP contribution in [0.5, 0.6) is 0 Å². The molecule has 0 bridgehead atoms. The van der Waals surface area contributed by atoms with Gasteiger partial charge in [-0.2, -0.15) is 4.68 Å². The van der Waals surface area contributed by atoms with Crippen LogP contribution in [-0.4, -0.2) is 26.8 Å². The monoisotopic (exact) mass is 313 g/mol. The predicted octanol–water partition coefficient (Wildman–Crippen LogP) is 3.29. The Morgan fingerprint density at radius 3 is 2.48 bits per heavy atom. The molecule has 0 unspecified atom stereocenters. The van der Waals surface area contributed by atoms with Crippen LogP contribution >= 0.6 is 0 Å². The first-order valence-corrected chi connectivity index (χ1v) is 8.68. The Bertz CT molecular complexity index is 648. The van der Waals surface area contributed by atoms with E-state index in [2.05, 4.69) is 66.7 Å². The maximum atomic E-state index is 4.45. The zero-order chi connectivity index (χ0) is 16.4. The maximum Gasteiger partial charge on any atom is 0.176 e. The number of nitrogens with one attached hydrogen (secondary N) is 1. The number of aryl methyl sites for hydroxylation is 2. The molecule has 1 aromatic carbocycles. The number of hydrogen-bond acceptors (Lipinski definition) is 4. The summed E-state index contributed by atoms with van der Waals surface area (Å²) in [5.74, 6) is 1.75. The molecule has 1 aliphatic carbocycles. The fraction of sp³-hybridized carbons (Fsp3) is 0.611. The second-order valence-corrected chi connectivity index (χ2v) is 6.95. The van der Waals surface area contributed by atoms with Gasteiger partial charge in [-0.25, -0.2) is 0 Å². The normalized spacial score (nSPS) is 24.8. The molecule has 0 saturated heterocycles. The third-order valence-electron chi connectivity index (χ3n) is 5.19. The molecule has 3 rings (SSSR count). The van der Waals surface area contributed by atoms with E-state index in [-0.39, 0.29) is 5.54 Å². The molecule has 1 saturated carbocycles. The molecule has 1 aliphatic rings. The lowest BCUT2D eigenvalue weighted by Crippen LogP contribution is -2.47. The van der Waals surface area contributed by atoms with Crippen molar-refractivity contribution in [3.8, 4) is 5.69 Å². The number of hydrogen-bond donors (Lipinski definition) is 1. The highest BCUT2D eigenvalue weighted by molar-refractivity contribution is 5.47. The van der Waals surface area contributed by atoms with Crippen LogP contribution in [-0.2, 0) is 5.54 Å². The van der Waals surface area contributed by atoms with Gasteiger partial charge in [0.25, 0.3) is 0 Å². The van der Waals surface area contributed by atoms with E-state index in [1.165, 1.54) is 24.0 Å². The molecule has 23 heavy (non-hydrogen) atoms. The van der Waals surface area contributed by atoms with Crippen molar-refractivity contribution in [3.63, 3.8) is 0 Å². The van der Waals surface area contributed by atoms with E-state index in [1.807, 2.05) is 4.68 Å². The van der Waals surface area contributed by atoms with E-state index in [0.717, 1.165) is 36.8 Å². The van der Waals surface area contributed by atoms with Crippen molar-refractivity contribution in [1.29, 1.82) is 0 Å². The third kappa shape index (κ3) is 2.90. The van der Waals surface area contributed by atoms with Crippen molar-refractivity contribution in [1.82, 2.24) is 25.5 Å². The van der Waals surface area contributed by atoms with Crippen molar-refractivity contribution in [3.05, 3.63) is 35.2 Å². The first-order valence-electron chi connectivity index (χ1n) is 8.68. The number of tetrazole rings is 1. The van der Waals surface area contributed by atoms with Gasteiger partial charge in [0.15, 0.2) is 5.82 Å². The lowest BCUT2D eigenvalue weighted by atomic mass is 9.76. The Hall–Kier alpha value is -1.75. The topological polar surface area (TPSA) is 55.6 Å². The number of benzene rings is 1. The van der Waals surface area contributed by atoms with Crippen molar-refractivity contribution in [2.45, 2.75) is 58.9 Å². The zero-order valence-electron chi connectivity index (χ0n) is 14.6. The minimum Gasteiger partial charge on any atom is -0.305 e. The molecule has 1 N–H and O–H groups in total. The van der Waals surface area contributed by atoms with Gasteiger partial charge in [0, 0.05) is 0 Å². The highest BCUT2D eigenvalue weighted by atomic mass is 15.6. The van der Waals surface area contributed by atoms with Crippen LogP contribution in [0.2, 0.25) is 0 Å². The van der Waals surface area contributed by atoms with Gasteiger partial charge in [-0.1, -0.05) is 32.0 Å². The van der Waals surface area contributed by atoms with Crippen molar-refractivity contribution in [2.24, 2.45) is 5.92 Å². The number of para-hydroxylation sites is 1. The molecule has 5 nitrogen and oxygen atoms in total. The molecule has 0 spiro atoms. The summed E-state index contributed by atoms with van der Waals surface area (Å²) < 4.78 is 1.96. The lowest BCUT2D eigenvalue weighted by molar-refractivity contribution is 0.185. The van der Waals surface area contributed by atoms with Gasteiger partial charge in [-0.15, -0.1) is 5.10 Å². The molecule has 0 radical (unpaired) electrons. The third-order valence-corrected chi connectivity index (χ3v) is 5.19. The van der Waals surface area contributed by atoms with Crippen LogP contribution in [0.4, 0.5) is 0 Å². The predicted molar refractivity (Wildman–Crippen MR) is 91.6 cm³/mol. The first kappa shape index (κ1) is 16.1. The van der Waals surface area contributed by atoms with Crippen LogP contribution in [0.3, 0.4) is 0 Å². The molecule has 5 heteroatoms. The largest absolute Gasteiger partial charge is 0.305 e. The molecule has 2 aromatic rings. The lowest BCUT2D eigenvalue weighted by Gasteiger charge is -2.39. The van der Waals surface area contributed by atoms with Gasteiger partial charge >= 0.3 is 0 Å². The fourth-order valence-corrected chi connectivity index (χ4v) is 3.85. The van der Waals surface area contributed by atoms with E-state index >= 15 is 0 Å². The van der Waals surface area contributed by atoms with Crippen LogP contribution in [0.25, 0.3) is 5.69 Å². The Morgan fingerprint density at radius 1 is 1.22 bits per heavy atom.